The van der Waals surface area contributed by atoms with Crippen LogP contribution in [-0.2, 0) is 65.2 Å². The van der Waals surface area contributed by atoms with Crippen molar-refractivity contribution in [1.29, 1.82) is 0 Å². The number of nitrogens with zero attached hydrogens (tertiary/aromatic N) is 3. The maximum Gasteiger partial charge on any atom is 0.516 e. The second kappa shape index (κ2) is 30.3. The van der Waals surface area contributed by atoms with Gasteiger partial charge in [-0.05, 0) is 35.1 Å². The van der Waals surface area contributed by atoms with Crippen LogP contribution in [0.4, 0.5) is 4.79 Å². The number of nitrogens with one attached hydrogen (secondary N) is 3. The van der Waals surface area contributed by atoms with E-state index in [1.807, 2.05) is 114 Å². The Morgan fingerprint density at radius 1 is 0.722 bits per heavy atom. The molecule has 400 valence electrons. The van der Waals surface area contributed by atoms with Crippen molar-refractivity contribution in [3.8, 4) is 11.3 Å². The molecular weight excluding hydrogens is 929 g/mol. The Kier molecular flexibility index (Phi) is 25.1. The van der Waals surface area contributed by atoms with E-state index in [1.54, 1.807) is 25.2 Å². The van der Waals surface area contributed by atoms with E-state index in [0.29, 0.717) is 65.9 Å². The molecule has 1 fully saturated rings. The number of hydrogen-bond acceptors (Lipinski definition) is 16. The first-order valence-electron chi connectivity index (χ1n) is 24.8. The molecule has 4 rings (SSSR count). The van der Waals surface area contributed by atoms with Gasteiger partial charge in [-0.3, -0.25) is 30.1 Å². The van der Waals surface area contributed by atoms with E-state index in [2.05, 4.69) is 21.0 Å². The number of amides is 3. The van der Waals surface area contributed by atoms with E-state index in [4.69, 9.17) is 37.9 Å². The van der Waals surface area contributed by atoms with Gasteiger partial charge in [-0.2, -0.15) is 4.79 Å². The molecule has 1 aliphatic rings. The van der Waals surface area contributed by atoms with E-state index in [1.165, 1.54) is 7.11 Å². The number of pyridine rings is 1. The molecule has 0 aliphatic carbocycles. The summed E-state index contributed by atoms with van der Waals surface area (Å²) < 4.78 is 43.8. The molecule has 3 amide bonds. The number of rotatable bonds is 33. The van der Waals surface area contributed by atoms with Gasteiger partial charge in [0.1, 0.15) is 19.2 Å². The molecule has 19 heteroatoms. The van der Waals surface area contributed by atoms with Crippen molar-refractivity contribution in [2.24, 2.45) is 10.8 Å². The normalized spacial score (nSPS) is 15.5. The topological polar surface area (TPSA) is 215 Å². The Labute approximate surface area is 426 Å². The van der Waals surface area contributed by atoms with Crippen LogP contribution in [0.25, 0.3) is 11.3 Å². The second-order valence-corrected chi connectivity index (χ2v) is 19.8. The van der Waals surface area contributed by atoms with E-state index in [0.717, 1.165) is 22.4 Å². The molecule has 3 aromatic rings. The molecular formula is C53H81N6O13+. The Balaban J connectivity index is 1.53. The minimum Gasteiger partial charge on any atom is -0.459 e. The average Bonchev–Trinajstić information content (AvgIpc) is 4.14. The van der Waals surface area contributed by atoms with E-state index >= 15 is 0 Å². The van der Waals surface area contributed by atoms with Crippen LogP contribution in [0.3, 0.4) is 0 Å². The lowest BCUT2D eigenvalue weighted by Gasteiger charge is -2.38. The lowest BCUT2D eigenvalue weighted by molar-refractivity contribution is -0.751. The molecule has 1 saturated heterocycles. The SMILES string of the molecule is CCC(=O)OC(CN(Cc1ccc(-c2ccccn2)cc1)NC(=O)C(C(C)(C)C)[N+]1(C(=O)OC)CC1)C(Cc1ccccc1)NC(=O)C(NC(O)OCCOCCOCCOCCOCCOC)C(C)(C)C. The van der Waals surface area contributed by atoms with Crippen LogP contribution < -0.4 is 16.1 Å². The number of aromatic nitrogens is 1. The summed E-state index contributed by atoms with van der Waals surface area (Å²) in [4.78, 5) is 60.5. The fourth-order valence-electron chi connectivity index (χ4n) is 8.25. The number of carbonyl (C=O) groups is 4. The smallest absolute Gasteiger partial charge is 0.459 e. The number of methoxy groups -OCH3 is 2. The van der Waals surface area contributed by atoms with Gasteiger partial charge in [0.25, 0.3) is 5.91 Å². The van der Waals surface area contributed by atoms with Crippen molar-refractivity contribution in [3.05, 3.63) is 90.1 Å². The minimum atomic E-state index is -1.54. The lowest BCUT2D eigenvalue weighted by atomic mass is 9.85. The van der Waals surface area contributed by atoms with Crippen molar-refractivity contribution in [2.75, 3.05) is 99.9 Å². The first-order chi connectivity index (χ1) is 34.4. The van der Waals surface area contributed by atoms with Gasteiger partial charge in [0.05, 0.1) is 97.5 Å². The van der Waals surface area contributed by atoms with Gasteiger partial charge in [0, 0.05) is 37.3 Å². The van der Waals surface area contributed by atoms with Crippen molar-refractivity contribution >= 4 is 23.9 Å². The number of quaternary nitrogens is 1. The van der Waals surface area contributed by atoms with Gasteiger partial charge in [0.15, 0.2) is 6.04 Å². The molecule has 1 aromatic heterocycles. The fraction of sp³-hybridized carbons (Fsp3) is 0.604. The summed E-state index contributed by atoms with van der Waals surface area (Å²) in [5.41, 5.74) is 5.06. The van der Waals surface area contributed by atoms with Crippen LogP contribution in [-0.4, -0.2) is 174 Å². The Morgan fingerprint density at radius 2 is 1.31 bits per heavy atom. The van der Waals surface area contributed by atoms with E-state index in [9.17, 15) is 24.3 Å². The van der Waals surface area contributed by atoms with Crippen LogP contribution in [0.1, 0.15) is 66.0 Å². The first kappa shape index (κ1) is 59.6. The highest BCUT2D eigenvalue weighted by atomic mass is 16.6. The minimum absolute atomic E-state index is 0.0215. The molecule has 2 heterocycles. The zero-order valence-electron chi connectivity index (χ0n) is 43.9. The number of aliphatic hydroxyl groups excluding tert-OH is 1. The number of carbonyl (C=O) groups excluding carboxylic acids is 4. The van der Waals surface area contributed by atoms with Gasteiger partial charge >= 0.3 is 12.1 Å². The zero-order valence-corrected chi connectivity index (χ0v) is 43.9. The van der Waals surface area contributed by atoms with Gasteiger partial charge in [-0.15, -0.1) is 0 Å². The second-order valence-electron chi connectivity index (χ2n) is 19.8. The summed E-state index contributed by atoms with van der Waals surface area (Å²) in [5, 5.41) is 18.8. The van der Waals surface area contributed by atoms with Gasteiger partial charge in [-0.1, -0.05) is 109 Å². The molecule has 0 radical (unpaired) electrons. The molecule has 5 atom stereocenters. The van der Waals surface area contributed by atoms with Crippen molar-refractivity contribution in [2.45, 2.75) is 98.5 Å². The number of ether oxygens (including phenoxy) is 8. The summed E-state index contributed by atoms with van der Waals surface area (Å²) in [7, 11) is 2.94. The highest BCUT2D eigenvalue weighted by molar-refractivity contribution is 5.84. The molecule has 0 spiro atoms. The molecule has 2 aromatic carbocycles. The van der Waals surface area contributed by atoms with Crippen LogP contribution in [0.15, 0.2) is 79.0 Å². The monoisotopic (exact) mass is 1010 g/mol. The molecule has 1 aliphatic heterocycles. The first-order valence-corrected chi connectivity index (χ1v) is 24.8. The maximum absolute atomic E-state index is 14.7. The fourth-order valence-corrected chi connectivity index (χ4v) is 8.25. The Morgan fingerprint density at radius 3 is 1.82 bits per heavy atom. The maximum atomic E-state index is 14.7. The zero-order chi connectivity index (χ0) is 52.6. The Bertz CT molecular complexity index is 2050. The highest BCUT2D eigenvalue weighted by Gasteiger charge is 2.64. The van der Waals surface area contributed by atoms with Crippen LogP contribution in [0.5, 0.6) is 0 Å². The van der Waals surface area contributed by atoms with E-state index < -0.39 is 65.4 Å². The molecule has 72 heavy (non-hydrogen) atoms. The summed E-state index contributed by atoms with van der Waals surface area (Å²) in [5.74, 6) is -1.42. The summed E-state index contributed by atoms with van der Waals surface area (Å²) >= 11 is 0. The molecule has 0 bridgehead atoms. The third kappa shape index (κ3) is 20.2. The average molecular weight is 1010 g/mol. The largest absolute Gasteiger partial charge is 0.516 e. The van der Waals surface area contributed by atoms with Crippen LogP contribution >= 0.6 is 0 Å². The predicted molar refractivity (Wildman–Crippen MR) is 270 cm³/mol. The number of benzene rings is 2. The molecule has 19 nitrogen and oxygen atoms in total. The number of esters is 1. The van der Waals surface area contributed by atoms with Crippen LogP contribution in [0, 0.1) is 10.8 Å². The van der Waals surface area contributed by atoms with Crippen molar-refractivity contribution in [3.63, 3.8) is 0 Å². The summed E-state index contributed by atoms with van der Waals surface area (Å²) in [6, 6.07) is 20.2. The standard InChI is InChI=1S/C53H80N6O13/c1-10-45(60)72-44(38-58(37-40-19-21-41(22-20-40)42-18-14-15-23-54-42)57-49(62)47(53(5,6)7)59(24-25-59)51(64)66-9)43(36-39-16-12-11-13-17-39)55-48(61)46(52(2,3)4)56-50(63)71-35-34-70-33-32-69-31-30-68-29-28-67-27-26-65-8/h11-23,43-44,46-47,50,56,63H,10,24-38H2,1-9H3,(H-,55,57,61,62)/p+1. The molecule has 4 N–H and O–H groups in total. The van der Waals surface area contributed by atoms with Crippen molar-refractivity contribution in [1.82, 2.24) is 26.1 Å². The lowest BCUT2D eigenvalue weighted by Crippen LogP contribution is -2.63. The summed E-state index contributed by atoms with van der Waals surface area (Å²) in [6.45, 7) is 17.6. The third-order valence-corrected chi connectivity index (χ3v) is 11.9. The summed E-state index contributed by atoms with van der Waals surface area (Å²) in [6.07, 6.45) is -1.07. The molecule has 5 unspecified atom stereocenters. The predicted octanol–water partition coefficient (Wildman–Crippen LogP) is 4.65. The number of aliphatic hydroxyl groups is 1. The quantitative estimate of drug-likeness (QED) is 0.0163. The van der Waals surface area contributed by atoms with Gasteiger partial charge in [-0.25, -0.2) is 9.49 Å². The number of hydrazine groups is 1. The Hall–Kier alpha value is -4.93. The third-order valence-electron chi connectivity index (χ3n) is 11.9. The van der Waals surface area contributed by atoms with Gasteiger partial charge < -0.3 is 48.3 Å². The van der Waals surface area contributed by atoms with Gasteiger partial charge in [0.2, 0.25) is 12.3 Å². The van der Waals surface area contributed by atoms with Crippen LogP contribution in [0.2, 0.25) is 0 Å². The molecule has 0 saturated carbocycles. The highest BCUT2D eigenvalue weighted by Crippen LogP contribution is 2.38. The van der Waals surface area contributed by atoms with Crippen molar-refractivity contribution < 1.29 is 66.7 Å². The number of hydrogen-bond donors (Lipinski definition) is 4. The van der Waals surface area contributed by atoms with E-state index in [-0.39, 0.29) is 43.6 Å².